The number of halogens is 1. The third-order valence-electron chi connectivity index (χ3n) is 3.50. The number of nitrogens with one attached hydrogen (secondary N) is 1. The maximum absolute atomic E-state index is 11.9. The lowest BCUT2D eigenvalue weighted by Crippen LogP contribution is -2.33. The second kappa shape index (κ2) is 4.44. The fraction of sp³-hybridized carbons (Fsp3) is 0.667. The molecule has 0 amide bonds. The molecular formula is C12H16BrN3O. The summed E-state index contributed by atoms with van der Waals surface area (Å²) < 4.78 is 0.626. The van der Waals surface area contributed by atoms with Gasteiger partial charge in [0.2, 0.25) is 5.95 Å². The van der Waals surface area contributed by atoms with Crippen LogP contribution in [0.4, 0.5) is 5.95 Å². The molecule has 4 nitrogen and oxygen atoms in total. The first kappa shape index (κ1) is 11.3. The minimum absolute atomic E-state index is 0.0394. The van der Waals surface area contributed by atoms with Gasteiger partial charge in [-0.3, -0.25) is 9.78 Å². The van der Waals surface area contributed by atoms with Crippen LogP contribution in [-0.2, 0) is 0 Å². The third-order valence-corrected chi connectivity index (χ3v) is 4.26. The fourth-order valence-electron chi connectivity index (χ4n) is 2.35. The van der Waals surface area contributed by atoms with Crippen molar-refractivity contribution >= 4 is 21.9 Å². The predicted octanol–water partition coefficient (Wildman–Crippen LogP) is 2.40. The molecule has 0 bridgehead atoms. The zero-order chi connectivity index (χ0) is 11.8. The molecule has 1 aromatic heterocycles. The number of nitrogens with zero attached hydrogens (tertiary/aromatic N) is 2. The lowest BCUT2D eigenvalue weighted by Gasteiger charge is -2.27. The summed E-state index contributed by atoms with van der Waals surface area (Å²) in [6, 6.07) is 0. The molecular weight excluding hydrogens is 282 g/mol. The Morgan fingerprint density at radius 3 is 2.59 bits per heavy atom. The Bertz CT molecular complexity index is 475. The maximum atomic E-state index is 11.9. The van der Waals surface area contributed by atoms with E-state index in [1.165, 1.54) is 19.3 Å². The quantitative estimate of drug-likeness (QED) is 0.912. The monoisotopic (exact) mass is 297 g/mol. The smallest absolute Gasteiger partial charge is 0.266 e. The average molecular weight is 298 g/mol. The Hall–Kier alpha value is -0.840. The van der Waals surface area contributed by atoms with Crippen molar-refractivity contribution in [3.05, 3.63) is 20.5 Å². The molecule has 3 rings (SSSR count). The normalized spacial score (nSPS) is 20.6. The highest BCUT2D eigenvalue weighted by Crippen LogP contribution is 2.41. The highest BCUT2D eigenvalue weighted by molar-refractivity contribution is 9.10. The second-order valence-electron chi connectivity index (χ2n) is 4.91. The molecule has 17 heavy (non-hydrogen) atoms. The van der Waals surface area contributed by atoms with E-state index in [0.29, 0.717) is 10.4 Å². The largest absolute Gasteiger partial charge is 0.342 e. The van der Waals surface area contributed by atoms with Crippen LogP contribution in [0.15, 0.2) is 9.27 Å². The molecule has 5 heteroatoms. The zero-order valence-electron chi connectivity index (χ0n) is 9.71. The Labute approximate surface area is 109 Å². The minimum Gasteiger partial charge on any atom is -0.342 e. The van der Waals surface area contributed by atoms with Crippen molar-refractivity contribution in [1.29, 1.82) is 0 Å². The van der Waals surface area contributed by atoms with Gasteiger partial charge in [-0.15, -0.1) is 0 Å². The first-order valence-corrected chi connectivity index (χ1v) is 7.09. The molecule has 0 spiro atoms. The van der Waals surface area contributed by atoms with E-state index in [1.54, 1.807) is 0 Å². The van der Waals surface area contributed by atoms with E-state index in [2.05, 4.69) is 30.8 Å². The molecule has 1 saturated heterocycles. The molecule has 0 atom stereocenters. The van der Waals surface area contributed by atoms with Crippen LogP contribution in [0.25, 0.3) is 0 Å². The number of H-pyrrole nitrogens is 1. The highest BCUT2D eigenvalue weighted by Gasteiger charge is 2.29. The standard InChI is InChI=1S/C12H16BrN3O/c13-9-10(8-4-5-8)14-12(15-11(9)17)16-6-2-1-3-7-16/h8H,1-7H2,(H,14,15,17). The number of anilines is 1. The molecule has 1 saturated carbocycles. The molecule has 2 fully saturated rings. The lowest BCUT2D eigenvalue weighted by atomic mass is 10.1. The van der Waals surface area contributed by atoms with Crippen molar-refractivity contribution in [2.75, 3.05) is 18.0 Å². The van der Waals surface area contributed by atoms with E-state index in [0.717, 1.165) is 37.6 Å². The van der Waals surface area contributed by atoms with Gasteiger partial charge in [-0.25, -0.2) is 4.98 Å². The third kappa shape index (κ3) is 2.25. The van der Waals surface area contributed by atoms with Gasteiger partial charge in [0.1, 0.15) is 4.47 Å². The summed E-state index contributed by atoms with van der Waals surface area (Å²) in [6.07, 6.45) is 5.99. The number of rotatable bonds is 2. The van der Waals surface area contributed by atoms with Crippen LogP contribution in [0, 0.1) is 0 Å². The van der Waals surface area contributed by atoms with Crippen molar-refractivity contribution in [3.63, 3.8) is 0 Å². The Morgan fingerprint density at radius 2 is 1.94 bits per heavy atom. The Kier molecular flexibility index (Phi) is 2.94. The summed E-state index contributed by atoms with van der Waals surface area (Å²) in [5, 5.41) is 0. The second-order valence-corrected chi connectivity index (χ2v) is 5.70. The van der Waals surface area contributed by atoms with E-state index in [-0.39, 0.29) is 5.56 Å². The topological polar surface area (TPSA) is 49.0 Å². The zero-order valence-corrected chi connectivity index (χ0v) is 11.3. The first-order valence-electron chi connectivity index (χ1n) is 6.30. The minimum atomic E-state index is -0.0394. The van der Waals surface area contributed by atoms with E-state index in [9.17, 15) is 4.79 Å². The van der Waals surface area contributed by atoms with E-state index in [4.69, 9.17) is 0 Å². The summed E-state index contributed by atoms with van der Waals surface area (Å²) in [7, 11) is 0. The fourth-order valence-corrected chi connectivity index (χ4v) is 2.86. The Morgan fingerprint density at radius 1 is 1.24 bits per heavy atom. The summed E-state index contributed by atoms with van der Waals surface area (Å²) in [5.41, 5.74) is 0.914. The van der Waals surface area contributed by atoms with Crippen molar-refractivity contribution in [2.45, 2.75) is 38.0 Å². The highest BCUT2D eigenvalue weighted by atomic mass is 79.9. The maximum Gasteiger partial charge on any atom is 0.266 e. The summed E-state index contributed by atoms with van der Waals surface area (Å²) in [4.78, 5) is 21.6. The number of aromatic amines is 1. The number of hydrogen-bond donors (Lipinski definition) is 1. The first-order chi connectivity index (χ1) is 8.25. The molecule has 2 heterocycles. The van der Waals surface area contributed by atoms with Crippen LogP contribution >= 0.6 is 15.9 Å². The van der Waals surface area contributed by atoms with Gasteiger partial charge in [0.05, 0.1) is 5.69 Å². The van der Waals surface area contributed by atoms with Crippen LogP contribution in [0.3, 0.4) is 0 Å². The van der Waals surface area contributed by atoms with Crippen molar-refractivity contribution in [1.82, 2.24) is 9.97 Å². The molecule has 1 aliphatic heterocycles. The van der Waals surface area contributed by atoms with Crippen LogP contribution < -0.4 is 10.5 Å². The predicted molar refractivity (Wildman–Crippen MR) is 70.6 cm³/mol. The van der Waals surface area contributed by atoms with Crippen molar-refractivity contribution < 1.29 is 0 Å². The number of hydrogen-bond acceptors (Lipinski definition) is 3. The Balaban J connectivity index is 1.96. The summed E-state index contributed by atoms with van der Waals surface area (Å²) in [6.45, 7) is 2.02. The van der Waals surface area contributed by atoms with Crippen LogP contribution in [0.5, 0.6) is 0 Å². The average Bonchev–Trinajstić information content (AvgIpc) is 3.18. The molecule has 1 N–H and O–H groups in total. The summed E-state index contributed by atoms with van der Waals surface area (Å²) in [5.74, 6) is 1.26. The molecule has 1 aliphatic carbocycles. The van der Waals surface area contributed by atoms with E-state index >= 15 is 0 Å². The molecule has 0 unspecified atom stereocenters. The number of aromatic nitrogens is 2. The SMILES string of the molecule is O=c1[nH]c(N2CCCCC2)nc(C2CC2)c1Br. The molecule has 0 radical (unpaired) electrons. The van der Waals surface area contributed by atoms with Gasteiger partial charge in [0.15, 0.2) is 0 Å². The molecule has 2 aliphatic rings. The van der Waals surface area contributed by atoms with Gasteiger partial charge in [-0.1, -0.05) is 0 Å². The van der Waals surface area contributed by atoms with Crippen molar-refractivity contribution in [3.8, 4) is 0 Å². The lowest BCUT2D eigenvalue weighted by molar-refractivity contribution is 0.566. The van der Waals surface area contributed by atoms with Gasteiger partial charge in [0.25, 0.3) is 5.56 Å². The van der Waals surface area contributed by atoms with Gasteiger partial charge in [-0.2, -0.15) is 0 Å². The van der Waals surface area contributed by atoms with Crippen LogP contribution in [0.1, 0.15) is 43.7 Å². The van der Waals surface area contributed by atoms with Gasteiger partial charge >= 0.3 is 0 Å². The van der Waals surface area contributed by atoms with E-state index < -0.39 is 0 Å². The molecule has 92 valence electrons. The van der Waals surface area contributed by atoms with Gasteiger partial charge < -0.3 is 4.90 Å². The molecule has 1 aromatic rings. The number of piperidine rings is 1. The van der Waals surface area contributed by atoms with Gasteiger partial charge in [0, 0.05) is 19.0 Å². The molecule has 0 aromatic carbocycles. The summed E-state index contributed by atoms with van der Waals surface area (Å²) >= 11 is 3.35. The van der Waals surface area contributed by atoms with E-state index in [1.807, 2.05) is 0 Å². The van der Waals surface area contributed by atoms with Crippen LogP contribution in [-0.4, -0.2) is 23.1 Å². The van der Waals surface area contributed by atoms with Crippen LogP contribution in [0.2, 0.25) is 0 Å². The van der Waals surface area contributed by atoms with Gasteiger partial charge in [-0.05, 0) is 48.0 Å². The van der Waals surface area contributed by atoms with Crippen molar-refractivity contribution in [2.24, 2.45) is 0 Å².